The molecule has 1 aromatic carbocycles. The molecule has 104 valence electrons. The minimum Gasteiger partial charge on any atom is -0.339 e. The van der Waals surface area contributed by atoms with Crippen molar-refractivity contribution < 1.29 is 0 Å². The molecular formula is C18H22N2. The van der Waals surface area contributed by atoms with Gasteiger partial charge in [-0.2, -0.15) is 0 Å². The Labute approximate surface area is 120 Å². The SMILES string of the molecule is CCCCCCn1c2ccccc2c2ccnc(C)c21. The number of aromatic nitrogens is 2. The molecule has 0 atom stereocenters. The van der Waals surface area contributed by atoms with Crippen LogP contribution in [-0.2, 0) is 6.54 Å². The first-order chi connectivity index (χ1) is 9.83. The van der Waals surface area contributed by atoms with Crippen molar-refractivity contribution in [2.24, 2.45) is 0 Å². The third-order valence-electron chi connectivity index (χ3n) is 4.10. The largest absolute Gasteiger partial charge is 0.339 e. The zero-order valence-electron chi connectivity index (χ0n) is 12.4. The van der Waals surface area contributed by atoms with E-state index in [4.69, 9.17) is 0 Å². The van der Waals surface area contributed by atoms with E-state index in [0.717, 1.165) is 12.2 Å². The molecular weight excluding hydrogens is 244 g/mol. The second-order valence-electron chi connectivity index (χ2n) is 5.52. The highest BCUT2D eigenvalue weighted by Crippen LogP contribution is 2.30. The highest BCUT2D eigenvalue weighted by molar-refractivity contribution is 6.08. The van der Waals surface area contributed by atoms with Gasteiger partial charge < -0.3 is 4.57 Å². The van der Waals surface area contributed by atoms with Crippen LogP contribution in [0.2, 0.25) is 0 Å². The zero-order chi connectivity index (χ0) is 13.9. The Morgan fingerprint density at radius 2 is 1.85 bits per heavy atom. The van der Waals surface area contributed by atoms with E-state index in [1.807, 2.05) is 6.20 Å². The summed E-state index contributed by atoms with van der Waals surface area (Å²) in [6, 6.07) is 10.9. The van der Waals surface area contributed by atoms with Gasteiger partial charge in [0, 0.05) is 29.0 Å². The molecule has 0 bridgehead atoms. The Kier molecular flexibility index (Phi) is 3.72. The van der Waals surface area contributed by atoms with Gasteiger partial charge in [0.2, 0.25) is 0 Å². The Hall–Kier alpha value is -1.83. The van der Waals surface area contributed by atoms with Gasteiger partial charge in [0.15, 0.2) is 0 Å². The number of hydrogen-bond donors (Lipinski definition) is 0. The Balaban J connectivity index is 2.11. The average molecular weight is 266 g/mol. The second-order valence-corrected chi connectivity index (χ2v) is 5.52. The molecule has 0 saturated carbocycles. The summed E-state index contributed by atoms with van der Waals surface area (Å²) >= 11 is 0. The molecule has 3 rings (SSSR count). The third-order valence-corrected chi connectivity index (χ3v) is 4.10. The molecule has 0 N–H and O–H groups in total. The van der Waals surface area contributed by atoms with Crippen molar-refractivity contribution in [2.75, 3.05) is 0 Å². The van der Waals surface area contributed by atoms with Crippen molar-refractivity contribution >= 4 is 21.8 Å². The lowest BCUT2D eigenvalue weighted by Crippen LogP contribution is -1.99. The minimum absolute atomic E-state index is 1.09. The van der Waals surface area contributed by atoms with Crippen LogP contribution in [0.5, 0.6) is 0 Å². The zero-order valence-corrected chi connectivity index (χ0v) is 12.4. The molecule has 0 unspecified atom stereocenters. The van der Waals surface area contributed by atoms with Gasteiger partial charge >= 0.3 is 0 Å². The predicted octanol–water partition coefficient (Wildman–Crippen LogP) is 5.08. The fraction of sp³-hybridized carbons (Fsp3) is 0.389. The highest BCUT2D eigenvalue weighted by atomic mass is 15.0. The number of pyridine rings is 1. The van der Waals surface area contributed by atoms with Gasteiger partial charge in [0.25, 0.3) is 0 Å². The molecule has 2 heterocycles. The standard InChI is InChI=1S/C18H22N2/c1-3-4-5-8-13-20-17-10-7-6-9-15(17)16-11-12-19-14(2)18(16)20/h6-7,9-12H,3-5,8,13H2,1-2H3. The maximum Gasteiger partial charge on any atom is 0.0707 e. The molecule has 0 spiro atoms. The summed E-state index contributed by atoms with van der Waals surface area (Å²) in [6.07, 6.45) is 7.09. The van der Waals surface area contributed by atoms with Crippen LogP contribution in [-0.4, -0.2) is 9.55 Å². The first-order valence-electron chi connectivity index (χ1n) is 7.65. The molecule has 3 aromatic rings. The van der Waals surface area contributed by atoms with Crippen LogP contribution in [0, 0.1) is 6.92 Å². The summed E-state index contributed by atoms with van der Waals surface area (Å²) in [5.41, 5.74) is 3.79. The van der Waals surface area contributed by atoms with Gasteiger partial charge in [-0.05, 0) is 25.5 Å². The molecule has 0 aliphatic heterocycles. The number of hydrogen-bond acceptors (Lipinski definition) is 1. The maximum absolute atomic E-state index is 4.49. The lowest BCUT2D eigenvalue weighted by Gasteiger charge is -2.08. The maximum atomic E-state index is 4.49. The monoisotopic (exact) mass is 266 g/mol. The highest BCUT2D eigenvalue weighted by Gasteiger charge is 2.11. The van der Waals surface area contributed by atoms with Gasteiger partial charge in [0.1, 0.15) is 0 Å². The molecule has 0 radical (unpaired) electrons. The number of aryl methyl sites for hydroxylation is 2. The van der Waals surface area contributed by atoms with Crippen LogP contribution >= 0.6 is 0 Å². The lowest BCUT2D eigenvalue weighted by molar-refractivity contribution is 0.601. The van der Waals surface area contributed by atoms with Gasteiger partial charge in [-0.1, -0.05) is 44.4 Å². The van der Waals surface area contributed by atoms with Crippen LogP contribution in [0.4, 0.5) is 0 Å². The summed E-state index contributed by atoms with van der Waals surface area (Å²) in [6.45, 7) is 5.47. The molecule has 0 saturated heterocycles. The summed E-state index contributed by atoms with van der Waals surface area (Å²) in [7, 11) is 0. The van der Waals surface area contributed by atoms with Crippen molar-refractivity contribution in [2.45, 2.75) is 46.1 Å². The van der Waals surface area contributed by atoms with Crippen molar-refractivity contribution in [3.63, 3.8) is 0 Å². The van der Waals surface area contributed by atoms with Crippen molar-refractivity contribution in [1.82, 2.24) is 9.55 Å². The fourth-order valence-electron chi connectivity index (χ4n) is 3.10. The van der Waals surface area contributed by atoms with Crippen molar-refractivity contribution in [3.8, 4) is 0 Å². The number of benzene rings is 1. The Morgan fingerprint density at radius 1 is 1.00 bits per heavy atom. The van der Waals surface area contributed by atoms with Gasteiger partial charge in [-0.25, -0.2) is 0 Å². The van der Waals surface area contributed by atoms with E-state index in [2.05, 4.69) is 53.7 Å². The van der Waals surface area contributed by atoms with E-state index in [9.17, 15) is 0 Å². The fourth-order valence-corrected chi connectivity index (χ4v) is 3.10. The first-order valence-corrected chi connectivity index (χ1v) is 7.65. The Morgan fingerprint density at radius 3 is 2.70 bits per heavy atom. The summed E-state index contributed by atoms with van der Waals surface area (Å²) in [4.78, 5) is 4.49. The summed E-state index contributed by atoms with van der Waals surface area (Å²) in [5, 5.41) is 2.69. The molecule has 0 amide bonds. The quantitative estimate of drug-likeness (QED) is 0.589. The molecule has 0 aliphatic rings. The van der Waals surface area contributed by atoms with Crippen LogP contribution in [0.1, 0.15) is 38.3 Å². The van der Waals surface area contributed by atoms with Crippen LogP contribution in [0.25, 0.3) is 21.8 Å². The molecule has 0 fully saturated rings. The third kappa shape index (κ3) is 2.20. The van der Waals surface area contributed by atoms with Crippen molar-refractivity contribution in [1.29, 1.82) is 0 Å². The summed E-state index contributed by atoms with van der Waals surface area (Å²) < 4.78 is 2.46. The molecule has 0 aliphatic carbocycles. The van der Waals surface area contributed by atoms with E-state index >= 15 is 0 Å². The van der Waals surface area contributed by atoms with E-state index in [-0.39, 0.29) is 0 Å². The average Bonchev–Trinajstić information content (AvgIpc) is 2.80. The second kappa shape index (κ2) is 5.66. The van der Waals surface area contributed by atoms with Crippen molar-refractivity contribution in [3.05, 3.63) is 42.2 Å². The molecule has 2 heteroatoms. The minimum atomic E-state index is 1.09. The lowest BCUT2D eigenvalue weighted by atomic mass is 10.2. The molecule has 2 aromatic heterocycles. The smallest absolute Gasteiger partial charge is 0.0707 e. The molecule has 20 heavy (non-hydrogen) atoms. The van der Waals surface area contributed by atoms with Crippen LogP contribution < -0.4 is 0 Å². The number of para-hydroxylation sites is 1. The van der Waals surface area contributed by atoms with E-state index < -0.39 is 0 Å². The van der Waals surface area contributed by atoms with E-state index in [1.54, 1.807) is 0 Å². The summed E-state index contributed by atoms with van der Waals surface area (Å²) in [5.74, 6) is 0. The number of rotatable bonds is 5. The number of fused-ring (bicyclic) bond motifs is 3. The Bertz CT molecular complexity index is 725. The normalized spacial score (nSPS) is 11.5. The van der Waals surface area contributed by atoms with Gasteiger partial charge in [-0.3, -0.25) is 4.98 Å². The van der Waals surface area contributed by atoms with Gasteiger partial charge in [-0.15, -0.1) is 0 Å². The predicted molar refractivity (Wildman–Crippen MR) is 86.1 cm³/mol. The topological polar surface area (TPSA) is 17.8 Å². The van der Waals surface area contributed by atoms with Crippen LogP contribution in [0.3, 0.4) is 0 Å². The van der Waals surface area contributed by atoms with E-state index in [1.165, 1.54) is 47.5 Å². The molecule has 2 nitrogen and oxygen atoms in total. The number of unbranched alkanes of at least 4 members (excludes halogenated alkanes) is 3. The van der Waals surface area contributed by atoms with Gasteiger partial charge in [0.05, 0.1) is 11.2 Å². The number of nitrogens with zero attached hydrogens (tertiary/aromatic N) is 2. The van der Waals surface area contributed by atoms with Crippen LogP contribution in [0.15, 0.2) is 36.5 Å². The first kappa shape index (κ1) is 13.2. The van der Waals surface area contributed by atoms with E-state index in [0.29, 0.717) is 0 Å².